The molecule has 0 saturated carbocycles. The van der Waals surface area contributed by atoms with Crippen LogP contribution in [0.4, 0.5) is 5.69 Å². The Hall–Kier alpha value is -2.38. The Morgan fingerprint density at radius 3 is 2.32 bits per heavy atom. The summed E-state index contributed by atoms with van der Waals surface area (Å²) in [6, 6.07) is 8.79. The van der Waals surface area contributed by atoms with Crippen molar-refractivity contribution in [2.24, 2.45) is 0 Å². The second-order valence-corrected chi connectivity index (χ2v) is 4.01. The molecule has 1 rings (SSSR count). The van der Waals surface area contributed by atoms with Gasteiger partial charge in [-0.15, -0.1) is 13.2 Å². The first-order valence-corrected chi connectivity index (χ1v) is 5.93. The molecule has 19 heavy (non-hydrogen) atoms. The zero-order chi connectivity index (χ0) is 14.1. The van der Waals surface area contributed by atoms with Crippen LogP contribution < -0.4 is 5.32 Å². The van der Waals surface area contributed by atoms with E-state index in [9.17, 15) is 4.79 Å². The maximum absolute atomic E-state index is 11.8. The highest BCUT2D eigenvalue weighted by Crippen LogP contribution is 2.08. The van der Waals surface area contributed by atoms with E-state index >= 15 is 0 Å². The van der Waals surface area contributed by atoms with Gasteiger partial charge in [0.2, 0.25) is 5.91 Å². The van der Waals surface area contributed by atoms with Crippen molar-refractivity contribution in [3.05, 3.63) is 55.1 Å². The van der Waals surface area contributed by atoms with E-state index in [1.54, 1.807) is 36.4 Å². The number of carbonyl (C=O) groups excluding carboxylic acids is 1. The highest BCUT2D eigenvalue weighted by molar-refractivity contribution is 5.92. The van der Waals surface area contributed by atoms with Crippen LogP contribution in [0.1, 0.15) is 5.56 Å². The summed E-state index contributed by atoms with van der Waals surface area (Å²) in [5, 5.41) is 11.5. The van der Waals surface area contributed by atoms with Crippen molar-refractivity contribution in [3.63, 3.8) is 0 Å². The average molecular weight is 255 g/mol. The summed E-state index contributed by atoms with van der Waals surface area (Å²) in [5.41, 5.74) is 1.25. The van der Waals surface area contributed by atoms with Gasteiger partial charge in [-0.3, -0.25) is 9.69 Å². The highest BCUT2D eigenvalue weighted by atomic mass is 16.2. The van der Waals surface area contributed by atoms with Crippen LogP contribution in [0.3, 0.4) is 0 Å². The molecule has 0 fully saturated rings. The van der Waals surface area contributed by atoms with E-state index in [0.29, 0.717) is 24.3 Å². The summed E-state index contributed by atoms with van der Waals surface area (Å²) >= 11 is 0. The first-order chi connectivity index (χ1) is 9.19. The monoisotopic (exact) mass is 255 g/mol. The number of anilines is 1. The van der Waals surface area contributed by atoms with Crippen molar-refractivity contribution in [1.29, 1.82) is 5.26 Å². The second-order valence-electron chi connectivity index (χ2n) is 4.01. The lowest BCUT2D eigenvalue weighted by Crippen LogP contribution is -2.33. The Bertz CT molecular complexity index is 475. The van der Waals surface area contributed by atoms with E-state index in [0.717, 1.165) is 0 Å². The molecule has 0 bridgehead atoms. The predicted molar refractivity (Wildman–Crippen MR) is 76.6 cm³/mol. The van der Waals surface area contributed by atoms with Crippen LogP contribution in [-0.4, -0.2) is 30.4 Å². The predicted octanol–water partition coefficient (Wildman–Crippen LogP) is 2.17. The number of benzene rings is 1. The number of nitrogens with one attached hydrogen (secondary N) is 1. The smallest absolute Gasteiger partial charge is 0.238 e. The minimum atomic E-state index is -0.103. The van der Waals surface area contributed by atoms with Crippen LogP contribution in [0.15, 0.2) is 49.6 Å². The minimum absolute atomic E-state index is 0.103. The lowest BCUT2D eigenvalue weighted by atomic mass is 10.2. The van der Waals surface area contributed by atoms with Crippen LogP contribution in [0.25, 0.3) is 0 Å². The number of rotatable bonds is 7. The molecule has 4 nitrogen and oxygen atoms in total. The van der Waals surface area contributed by atoms with Gasteiger partial charge in [0.15, 0.2) is 0 Å². The number of carbonyl (C=O) groups is 1. The van der Waals surface area contributed by atoms with Crippen molar-refractivity contribution in [3.8, 4) is 6.07 Å². The maximum atomic E-state index is 11.8. The Labute approximate surface area is 113 Å². The van der Waals surface area contributed by atoms with E-state index in [2.05, 4.69) is 18.5 Å². The van der Waals surface area contributed by atoms with E-state index in [-0.39, 0.29) is 12.5 Å². The molecule has 4 heteroatoms. The Morgan fingerprint density at radius 1 is 1.26 bits per heavy atom. The molecule has 0 atom stereocenters. The first kappa shape index (κ1) is 14.7. The summed E-state index contributed by atoms with van der Waals surface area (Å²) in [4.78, 5) is 13.8. The SMILES string of the molecule is C=CCN(CC=C)CC(=O)Nc1ccc(C#N)cc1. The molecule has 0 saturated heterocycles. The van der Waals surface area contributed by atoms with Crippen molar-refractivity contribution in [2.45, 2.75) is 0 Å². The molecule has 0 aliphatic rings. The third-order valence-electron chi connectivity index (χ3n) is 2.44. The Morgan fingerprint density at radius 2 is 1.84 bits per heavy atom. The number of amides is 1. The van der Waals surface area contributed by atoms with E-state index in [4.69, 9.17) is 5.26 Å². The standard InChI is InChI=1S/C15H17N3O/c1-3-9-18(10-4-2)12-15(19)17-14-7-5-13(11-16)6-8-14/h3-8H,1-2,9-10,12H2,(H,17,19). The highest BCUT2D eigenvalue weighted by Gasteiger charge is 2.08. The summed E-state index contributed by atoms with van der Waals surface area (Å²) in [7, 11) is 0. The fraction of sp³-hybridized carbons (Fsp3) is 0.200. The zero-order valence-corrected chi connectivity index (χ0v) is 10.8. The molecule has 1 aromatic carbocycles. The third-order valence-corrected chi connectivity index (χ3v) is 2.44. The lowest BCUT2D eigenvalue weighted by molar-refractivity contribution is -0.117. The first-order valence-electron chi connectivity index (χ1n) is 5.93. The molecule has 1 aromatic rings. The Balaban J connectivity index is 2.55. The zero-order valence-electron chi connectivity index (χ0n) is 10.8. The van der Waals surface area contributed by atoms with Crippen LogP contribution >= 0.6 is 0 Å². The largest absolute Gasteiger partial charge is 0.325 e. The maximum Gasteiger partial charge on any atom is 0.238 e. The molecule has 0 heterocycles. The molecule has 0 unspecified atom stereocenters. The van der Waals surface area contributed by atoms with Crippen molar-refractivity contribution in [1.82, 2.24) is 4.90 Å². The van der Waals surface area contributed by atoms with E-state index < -0.39 is 0 Å². The number of nitriles is 1. The van der Waals surface area contributed by atoms with Crippen molar-refractivity contribution >= 4 is 11.6 Å². The fourth-order valence-corrected chi connectivity index (χ4v) is 1.60. The summed E-state index contributed by atoms with van der Waals surface area (Å²) in [6.45, 7) is 8.85. The van der Waals surface area contributed by atoms with E-state index in [1.165, 1.54) is 0 Å². The van der Waals surface area contributed by atoms with Gasteiger partial charge < -0.3 is 5.32 Å². The molecule has 1 amide bonds. The lowest BCUT2D eigenvalue weighted by Gasteiger charge is -2.17. The summed E-state index contributed by atoms with van der Waals surface area (Å²) in [5.74, 6) is -0.103. The Kier molecular flexibility index (Phi) is 6.07. The van der Waals surface area contributed by atoms with Crippen molar-refractivity contribution in [2.75, 3.05) is 25.0 Å². The van der Waals surface area contributed by atoms with Gasteiger partial charge in [0.05, 0.1) is 18.2 Å². The third kappa shape index (κ3) is 5.19. The van der Waals surface area contributed by atoms with E-state index in [1.807, 2.05) is 11.0 Å². The molecular formula is C15H17N3O. The minimum Gasteiger partial charge on any atom is -0.325 e. The summed E-state index contributed by atoms with van der Waals surface area (Å²) < 4.78 is 0. The van der Waals surface area contributed by atoms with Gasteiger partial charge in [0.1, 0.15) is 0 Å². The molecule has 0 aromatic heterocycles. The topological polar surface area (TPSA) is 56.1 Å². The molecular weight excluding hydrogens is 238 g/mol. The summed E-state index contributed by atoms with van der Waals surface area (Å²) in [6.07, 6.45) is 3.50. The molecule has 0 aliphatic carbocycles. The number of nitrogens with zero attached hydrogens (tertiary/aromatic N) is 2. The van der Waals surface area contributed by atoms with Gasteiger partial charge in [-0.25, -0.2) is 0 Å². The van der Waals surface area contributed by atoms with Crippen LogP contribution in [0.5, 0.6) is 0 Å². The van der Waals surface area contributed by atoms with Gasteiger partial charge in [0.25, 0.3) is 0 Å². The fourth-order valence-electron chi connectivity index (χ4n) is 1.60. The number of hydrogen-bond acceptors (Lipinski definition) is 3. The second kappa shape index (κ2) is 7.85. The van der Waals surface area contributed by atoms with Gasteiger partial charge in [-0.2, -0.15) is 5.26 Å². The number of hydrogen-bond donors (Lipinski definition) is 1. The van der Waals surface area contributed by atoms with Crippen LogP contribution in [-0.2, 0) is 4.79 Å². The molecule has 0 radical (unpaired) electrons. The quantitative estimate of drug-likeness (QED) is 0.760. The van der Waals surface area contributed by atoms with Crippen LogP contribution in [0, 0.1) is 11.3 Å². The molecule has 0 spiro atoms. The molecule has 1 N–H and O–H groups in total. The van der Waals surface area contributed by atoms with Gasteiger partial charge >= 0.3 is 0 Å². The van der Waals surface area contributed by atoms with Gasteiger partial charge in [-0.05, 0) is 24.3 Å². The molecule has 0 aliphatic heterocycles. The normalized spacial score (nSPS) is 9.68. The van der Waals surface area contributed by atoms with Crippen molar-refractivity contribution < 1.29 is 4.79 Å². The molecule has 98 valence electrons. The average Bonchev–Trinajstić information content (AvgIpc) is 2.40. The van der Waals surface area contributed by atoms with Gasteiger partial charge in [-0.1, -0.05) is 12.2 Å². The van der Waals surface area contributed by atoms with Gasteiger partial charge in [0, 0.05) is 18.8 Å². The van der Waals surface area contributed by atoms with Crippen LogP contribution in [0.2, 0.25) is 0 Å².